The number of nitrogens with one attached hydrogen (secondary N) is 1. The van der Waals surface area contributed by atoms with Gasteiger partial charge in [-0.1, -0.05) is 29.8 Å². The van der Waals surface area contributed by atoms with E-state index >= 15 is 0 Å². The lowest BCUT2D eigenvalue weighted by Crippen LogP contribution is -2.04. The number of anilines is 1. The smallest absolute Gasteiger partial charge is 0.0343 e. The highest BCUT2D eigenvalue weighted by Gasteiger charge is 1.99. The minimum absolute atomic E-state index is 0.988. The van der Waals surface area contributed by atoms with Gasteiger partial charge in [-0.2, -0.15) is 0 Å². The highest BCUT2D eigenvalue weighted by Crippen LogP contribution is 2.23. The molecule has 0 aromatic heterocycles. The zero-order valence-electron chi connectivity index (χ0n) is 11.9. The molecule has 0 aliphatic heterocycles. The molecule has 2 aromatic rings. The van der Waals surface area contributed by atoms with Crippen molar-refractivity contribution < 1.29 is 0 Å². The second-order valence-electron chi connectivity index (χ2n) is 4.91. The molecule has 0 atom stereocenters. The summed E-state index contributed by atoms with van der Waals surface area (Å²) in [5.74, 6) is 1.08. The van der Waals surface area contributed by atoms with Crippen LogP contribution in [0.5, 0.6) is 0 Å². The lowest BCUT2D eigenvalue weighted by atomic mass is 10.2. The van der Waals surface area contributed by atoms with Gasteiger partial charge in [-0.25, -0.2) is 0 Å². The summed E-state index contributed by atoms with van der Waals surface area (Å²) in [6, 6.07) is 15.2. The number of hydrogen-bond donors (Lipinski definition) is 1. The van der Waals surface area contributed by atoms with Gasteiger partial charge in [0.2, 0.25) is 0 Å². The van der Waals surface area contributed by atoms with Crippen LogP contribution in [0.1, 0.15) is 16.7 Å². The molecule has 0 unspecified atom stereocenters. The van der Waals surface area contributed by atoms with Crippen molar-refractivity contribution in [2.45, 2.75) is 25.7 Å². The van der Waals surface area contributed by atoms with E-state index in [2.05, 4.69) is 68.6 Å². The fraction of sp³-hybridized carbons (Fsp3) is 0.294. The van der Waals surface area contributed by atoms with Crippen LogP contribution in [-0.2, 0) is 0 Å². The molecule has 0 fully saturated rings. The summed E-state index contributed by atoms with van der Waals surface area (Å²) in [5.41, 5.74) is 5.22. The largest absolute Gasteiger partial charge is 0.384 e. The topological polar surface area (TPSA) is 12.0 Å². The SMILES string of the molecule is Cc1cccc(NCCSc2ccc(C)cc2C)c1. The Bertz CT molecular complexity index is 549. The van der Waals surface area contributed by atoms with Gasteiger partial charge < -0.3 is 5.32 Å². The molecule has 0 saturated heterocycles. The molecule has 0 bridgehead atoms. The van der Waals surface area contributed by atoms with Gasteiger partial charge in [0.25, 0.3) is 0 Å². The maximum absolute atomic E-state index is 3.47. The van der Waals surface area contributed by atoms with E-state index in [1.807, 2.05) is 11.8 Å². The fourth-order valence-electron chi connectivity index (χ4n) is 2.07. The van der Waals surface area contributed by atoms with Crippen molar-refractivity contribution in [1.29, 1.82) is 0 Å². The van der Waals surface area contributed by atoms with Crippen molar-refractivity contribution in [1.82, 2.24) is 0 Å². The first-order chi connectivity index (χ1) is 9.15. The number of hydrogen-bond acceptors (Lipinski definition) is 2. The van der Waals surface area contributed by atoms with Crippen LogP contribution >= 0.6 is 11.8 Å². The fourth-order valence-corrected chi connectivity index (χ4v) is 2.95. The first-order valence-corrected chi connectivity index (χ1v) is 7.64. The molecule has 0 radical (unpaired) electrons. The van der Waals surface area contributed by atoms with Crippen molar-refractivity contribution in [2.75, 3.05) is 17.6 Å². The molecule has 1 N–H and O–H groups in total. The predicted octanol–water partition coefficient (Wildman–Crippen LogP) is 4.82. The van der Waals surface area contributed by atoms with E-state index < -0.39 is 0 Å². The Morgan fingerprint density at radius 1 is 0.947 bits per heavy atom. The van der Waals surface area contributed by atoms with Gasteiger partial charge in [0.05, 0.1) is 0 Å². The highest BCUT2D eigenvalue weighted by molar-refractivity contribution is 7.99. The van der Waals surface area contributed by atoms with Gasteiger partial charge >= 0.3 is 0 Å². The Balaban J connectivity index is 1.81. The first kappa shape index (κ1) is 14.0. The summed E-state index contributed by atoms with van der Waals surface area (Å²) in [5, 5.41) is 3.47. The minimum atomic E-state index is 0.988. The summed E-state index contributed by atoms with van der Waals surface area (Å²) < 4.78 is 0. The Labute approximate surface area is 120 Å². The lowest BCUT2D eigenvalue weighted by Gasteiger charge is -2.09. The molecule has 19 heavy (non-hydrogen) atoms. The van der Waals surface area contributed by atoms with Crippen molar-refractivity contribution in [3.63, 3.8) is 0 Å². The summed E-state index contributed by atoms with van der Waals surface area (Å²) in [6.07, 6.45) is 0. The van der Waals surface area contributed by atoms with Crippen LogP contribution in [0, 0.1) is 20.8 Å². The van der Waals surface area contributed by atoms with Crippen molar-refractivity contribution in [3.05, 3.63) is 59.2 Å². The van der Waals surface area contributed by atoms with Crippen LogP contribution < -0.4 is 5.32 Å². The van der Waals surface area contributed by atoms with E-state index in [1.54, 1.807) is 0 Å². The molecule has 100 valence electrons. The zero-order valence-corrected chi connectivity index (χ0v) is 12.7. The van der Waals surface area contributed by atoms with Crippen LogP contribution in [0.3, 0.4) is 0 Å². The maximum Gasteiger partial charge on any atom is 0.0343 e. The Morgan fingerprint density at radius 3 is 2.47 bits per heavy atom. The second kappa shape index (κ2) is 6.67. The van der Waals surface area contributed by atoms with Gasteiger partial charge in [-0.05, 0) is 50.1 Å². The van der Waals surface area contributed by atoms with E-state index in [0.717, 1.165) is 12.3 Å². The van der Waals surface area contributed by atoms with Crippen LogP contribution in [0.15, 0.2) is 47.4 Å². The molecular weight excluding hydrogens is 250 g/mol. The third-order valence-electron chi connectivity index (χ3n) is 3.04. The molecule has 2 rings (SSSR count). The van der Waals surface area contributed by atoms with E-state index in [9.17, 15) is 0 Å². The van der Waals surface area contributed by atoms with Gasteiger partial charge in [0, 0.05) is 22.9 Å². The molecule has 0 amide bonds. The van der Waals surface area contributed by atoms with Gasteiger partial charge in [0.1, 0.15) is 0 Å². The molecule has 2 heteroatoms. The molecule has 0 spiro atoms. The Hall–Kier alpha value is -1.41. The van der Waals surface area contributed by atoms with Crippen LogP contribution in [0.2, 0.25) is 0 Å². The Kier molecular flexibility index (Phi) is 4.92. The van der Waals surface area contributed by atoms with Crippen molar-refractivity contribution in [3.8, 4) is 0 Å². The summed E-state index contributed by atoms with van der Waals surface area (Å²) in [7, 11) is 0. The van der Waals surface area contributed by atoms with E-state index in [-0.39, 0.29) is 0 Å². The van der Waals surface area contributed by atoms with Gasteiger partial charge in [0.15, 0.2) is 0 Å². The van der Waals surface area contributed by atoms with Crippen molar-refractivity contribution >= 4 is 17.4 Å². The van der Waals surface area contributed by atoms with E-state index in [4.69, 9.17) is 0 Å². The summed E-state index contributed by atoms with van der Waals surface area (Å²) in [6.45, 7) is 7.43. The first-order valence-electron chi connectivity index (χ1n) is 6.66. The van der Waals surface area contributed by atoms with Crippen molar-refractivity contribution in [2.24, 2.45) is 0 Å². The molecule has 0 aliphatic rings. The Morgan fingerprint density at radius 2 is 1.74 bits per heavy atom. The third-order valence-corrected chi connectivity index (χ3v) is 4.21. The number of thioether (sulfide) groups is 1. The molecular formula is C17H21NS. The van der Waals surface area contributed by atoms with Gasteiger partial charge in [-0.15, -0.1) is 11.8 Å². The van der Waals surface area contributed by atoms with Crippen LogP contribution in [0.4, 0.5) is 5.69 Å². The normalized spacial score (nSPS) is 10.5. The molecule has 0 heterocycles. The maximum atomic E-state index is 3.47. The standard InChI is InChI=1S/C17H21NS/c1-13-5-4-6-16(12-13)18-9-10-19-17-8-7-14(2)11-15(17)3/h4-8,11-12,18H,9-10H2,1-3H3. The average Bonchev–Trinajstić information content (AvgIpc) is 2.37. The zero-order chi connectivity index (χ0) is 13.7. The molecule has 0 saturated carbocycles. The second-order valence-corrected chi connectivity index (χ2v) is 6.05. The molecule has 1 nitrogen and oxygen atoms in total. The minimum Gasteiger partial charge on any atom is -0.384 e. The number of aryl methyl sites for hydroxylation is 3. The highest BCUT2D eigenvalue weighted by atomic mass is 32.2. The number of rotatable bonds is 5. The molecule has 0 aliphatic carbocycles. The predicted molar refractivity (Wildman–Crippen MR) is 86.3 cm³/mol. The monoisotopic (exact) mass is 271 g/mol. The number of benzene rings is 2. The summed E-state index contributed by atoms with van der Waals surface area (Å²) >= 11 is 1.92. The average molecular weight is 271 g/mol. The quantitative estimate of drug-likeness (QED) is 0.618. The van der Waals surface area contributed by atoms with Crippen LogP contribution in [0.25, 0.3) is 0 Å². The van der Waals surface area contributed by atoms with E-state index in [0.29, 0.717) is 0 Å². The lowest BCUT2D eigenvalue weighted by molar-refractivity contribution is 1.21. The van der Waals surface area contributed by atoms with E-state index in [1.165, 1.54) is 27.3 Å². The third kappa shape index (κ3) is 4.32. The van der Waals surface area contributed by atoms with Crippen LogP contribution in [-0.4, -0.2) is 12.3 Å². The van der Waals surface area contributed by atoms with Gasteiger partial charge in [-0.3, -0.25) is 0 Å². The summed E-state index contributed by atoms with van der Waals surface area (Å²) in [4.78, 5) is 1.39. The molecule has 2 aromatic carbocycles.